The minimum atomic E-state index is 0.457. The number of nitrogens with zero attached hydrogens (tertiary/aromatic N) is 1. The minimum Gasteiger partial charge on any atom is -0.309 e. The summed E-state index contributed by atoms with van der Waals surface area (Å²) in [7, 11) is 0. The fraction of sp³-hybridized carbons (Fsp3) is 0.750. The second-order valence-corrected chi connectivity index (χ2v) is 5.89. The molecule has 4 heteroatoms. The topological polar surface area (TPSA) is 24.9 Å². The molecule has 1 aromatic rings. The summed E-state index contributed by atoms with van der Waals surface area (Å²) in [6.45, 7) is 3.33. The van der Waals surface area contributed by atoms with Gasteiger partial charge in [0, 0.05) is 17.1 Å². The number of unbranched alkanes of at least 4 members (excludes halogenated alkanes) is 3. The standard InChI is InChI=1S/C12H22N2S2/c1-11(12-9-13-10-16-12)14-7-5-3-4-6-8-15-2/h9-11,14H,3-8H2,1-2H3. The molecule has 1 heterocycles. The van der Waals surface area contributed by atoms with Gasteiger partial charge in [0.25, 0.3) is 0 Å². The second kappa shape index (κ2) is 9.02. The van der Waals surface area contributed by atoms with Crippen molar-refractivity contribution in [2.24, 2.45) is 0 Å². The third-order valence-corrected chi connectivity index (χ3v) is 4.26. The maximum atomic E-state index is 4.10. The molecule has 0 aliphatic heterocycles. The van der Waals surface area contributed by atoms with E-state index in [1.165, 1.54) is 36.3 Å². The molecule has 0 aromatic carbocycles. The van der Waals surface area contributed by atoms with Crippen molar-refractivity contribution in [2.75, 3.05) is 18.6 Å². The van der Waals surface area contributed by atoms with Crippen LogP contribution in [0.5, 0.6) is 0 Å². The molecule has 1 atom stereocenters. The SMILES string of the molecule is CSCCCCCCNC(C)c1cncs1. The highest BCUT2D eigenvalue weighted by Crippen LogP contribution is 2.16. The van der Waals surface area contributed by atoms with Crippen molar-refractivity contribution in [3.8, 4) is 0 Å². The quantitative estimate of drug-likeness (QED) is 0.683. The van der Waals surface area contributed by atoms with Crippen LogP contribution in [0.15, 0.2) is 11.7 Å². The first kappa shape index (κ1) is 14.0. The molecule has 0 radical (unpaired) electrons. The van der Waals surface area contributed by atoms with Gasteiger partial charge in [-0.3, -0.25) is 4.98 Å². The Balaban J connectivity index is 1.95. The Kier molecular flexibility index (Phi) is 7.89. The van der Waals surface area contributed by atoms with Crippen LogP contribution in [0.25, 0.3) is 0 Å². The number of thioether (sulfide) groups is 1. The van der Waals surface area contributed by atoms with Gasteiger partial charge >= 0.3 is 0 Å². The normalized spacial score (nSPS) is 12.9. The zero-order chi connectivity index (χ0) is 11.6. The molecule has 2 nitrogen and oxygen atoms in total. The van der Waals surface area contributed by atoms with Gasteiger partial charge in [0.05, 0.1) is 5.51 Å². The average Bonchev–Trinajstić information content (AvgIpc) is 2.81. The molecule has 0 bridgehead atoms. The minimum absolute atomic E-state index is 0.457. The Morgan fingerprint density at radius 3 is 2.88 bits per heavy atom. The lowest BCUT2D eigenvalue weighted by atomic mass is 10.2. The smallest absolute Gasteiger partial charge is 0.0794 e. The van der Waals surface area contributed by atoms with Gasteiger partial charge in [-0.15, -0.1) is 11.3 Å². The van der Waals surface area contributed by atoms with Gasteiger partial charge in [0.1, 0.15) is 0 Å². The third kappa shape index (κ3) is 5.87. The number of hydrogen-bond acceptors (Lipinski definition) is 4. The highest BCUT2D eigenvalue weighted by Gasteiger charge is 2.04. The van der Waals surface area contributed by atoms with Crippen molar-refractivity contribution in [2.45, 2.75) is 38.6 Å². The van der Waals surface area contributed by atoms with Crippen LogP contribution in [-0.4, -0.2) is 23.5 Å². The highest BCUT2D eigenvalue weighted by atomic mass is 32.2. The van der Waals surface area contributed by atoms with Gasteiger partial charge in [-0.1, -0.05) is 12.8 Å². The van der Waals surface area contributed by atoms with Gasteiger partial charge in [-0.25, -0.2) is 0 Å². The molecule has 0 aliphatic carbocycles. The number of rotatable bonds is 9. The van der Waals surface area contributed by atoms with Gasteiger partial charge in [-0.2, -0.15) is 11.8 Å². The molecular formula is C12H22N2S2. The molecule has 0 spiro atoms. The summed E-state index contributed by atoms with van der Waals surface area (Å²) in [6, 6.07) is 0.457. The molecule has 16 heavy (non-hydrogen) atoms. The predicted molar refractivity (Wildman–Crippen MR) is 75.4 cm³/mol. The number of thiazole rings is 1. The molecule has 0 saturated carbocycles. The van der Waals surface area contributed by atoms with Gasteiger partial charge in [0.15, 0.2) is 0 Å². The first-order chi connectivity index (χ1) is 7.84. The fourth-order valence-electron chi connectivity index (χ4n) is 1.58. The van der Waals surface area contributed by atoms with E-state index in [1.54, 1.807) is 11.3 Å². The van der Waals surface area contributed by atoms with Crippen molar-refractivity contribution in [1.82, 2.24) is 10.3 Å². The van der Waals surface area contributed by atoms with Crippen molar-refractivity contribution >= 4 is 23.1 Å². The maximum absolute atomic E-state index is 4.10. The number of aromatic nitrogens is 1. The van der Waals surface area contributed by atoms with E-state index in [-0.39, 0.29) is 0 Å². The summed E-state index contributed by atoms with van der Waals surface area (Å²) in [5, 5.41) is 3.54. The van der Waals surface area contributed by atoms with Gasteiger partial charge < -0.3 is 5.32 Å². The Bertz CT molecular complexity index is 250. The summed E-state index contributed by atoms with van der Waals surface area (Å²) in [4.78, 5) is 5.43. The summed E-state index contributed by atoms with van der Waals surface area (Å²) < 4.78 is 0. The highest BCUT2D eigenvalue weighted by molar-refractivity contribution is 7.98. The maximum Gasteiger partial charge on any atom is 0.0794 e. The zero-order valence-corrected chi connectivity index (χ0v) is 11.9. The van der Waals surface area contributed by atoms with E-state index in [2.05, 4.69) is 23.5 Å². The first-order valence-corrected chi connectivity index (χ1v) is 8.22. The van der Waals surface area contributed by atoms with E-state index in [9.17, 15) is 0 Å². The summed E-state index contributed by atoms with van der Waals surface area (Å²) >= 11 is 3.68. The van der Waals surface area contributed by atoms with Crippen molar-refractivity contribution < 1.29 is 0 Å². The summed E-state index contributed by atoms with van der Waals surface area (Å²) in [5.74, 6) is 1.31. The molecule has 1 N–H and O–H groups in total. The van der Waals surface area contributed by atoms with E-state index >= 15 is 0 Å². The van der Waals surface area contributed by atoms with Gasteiger partial charge in [0.2, 0.25) is 0 Å². The van der Waals surface area contributed by atoms with Crippen LogP contribution in [0.3, 0.4) is 0 Å². The predicted octanol–water partition coefficient (Wildman–Crippen LogP) is 3.72. The van der Waals surface area contributed by atoms with E-state index in [0.717, 1.165) is 6.54 Å². The van der Waals surface area contributed by atoms with E-state index in [4.69, 9.17) is 0 Å². The lowest BCUT2D eigenvalue weighted by molar-refractivity contribution is 0.542. The zero-order valence-electron chi connectivity index (χ0n) is 10.2. The van der Waals surface area contributed by atoms with Crippen LogP contribution in [-0.2, 0) is 0 Å². The Hall–Kier alpha value is -0.0600. The second-order valence-electron chi connectivity index (χ2n) is 3.99. The Morgan fingerprint density at radius 2 is 2.19 bits per heavy atom. The molecule has 0 fully saturated rings. The van der Waals surface area contributed by atoms with E-state index in [1.807, 2.05) is 23.5 Å². The van der Waals surface area contributed by atoms with Crippen LogP contribution in [0, 0.1) is 0 Å². The molecule has 0 amide bonds. The van der Waals surface area contributed by atoms with Crippen molar-refractivity contribution in [1.29, 1.82) is 0 Å². The Labute approximate surface area is 107 Å². The first-order valence-electron chi connectivity index (χ1n) is 5.95. The number of hydrogen-bond donors (Lipinski definition) is 1. The largest absolute Gasteiger partial charge is 0.309 e. The molecule has 1 rings (SSSR count). The lowest BCUT2D eigenvalue weighted by Crippen LogP contribution is -2.18. The number of nitrogens with one attached hydrogen (secondary N) is 1. The van der Waals surface area contributed by atoms with Crippen LogP contribution >= 0.6 is 23.1 Å². The molecule has 0 aliphatic rings. The summed E-state index contributed by atoms with van der Waals surface area (Å²) in [5.41, 5.74) is 1.90. The van der Waals surface area contributed by atoms with E-state index in [0.29, 0.717) is 6.04 Å². The van der Waals surface area contributed by atoms with Crippen LogP contribution in [0.4, 0.5) is 0 Å². The lowest BCUT2D eigenvalue weighted by Gasteiger charge is -2.11. The van der Waals surface area contributed by atoms with Crippen LogP contribution in [0.2, 0.25) is 0 Å². The third-order valence-electron chi connectivity index (χ3n) is 2.60. The molecule has 1 unspecified atom stereocenters. The fourth-order valence-corrected chi connectivity index (χ4v) is 2.73. The average molecular weight is 258 g/mol. The van der Waals surface area contributed by atoms with Crippen molar-refractivity contribution in [3.05, 3.63) is 16.6 Å². The van der Waals surface area contributed by atoms with Crippen molar-refractivity contribution in [3.63, 3.8) is 0 Å². The van der Waals surface area contributed by atoms with Crippen LogP contribution in [0.1, 0.15) is 43.5 Å². The molecule has 1 aromatic heterocycles. The van der Waals surface area contributed by atoms with Gasteiger partial charge in [-0.05, 0) is 38.3 Å². The summed E-state index contributed by atoms with van der Waals surface area (Å²) in [6.07, 6.45) is 9.52. The molecular weight excluding hydrogens is 236 g/mol. The van der Waals surface area contributed by atoms with Crippen LogP contribution < -0.4 is 5.32 Å². The molecule has 92 valence electrons. The van der Waals surface area contributed by atoms with E-state index < -0.39 is 0 Å². The molecule has 0 saturated heterocycles. The Morgan fingerprint density at radius 1 is 1.38 bits per heavy atom. The monoisotopic (exact) mass is 258 g/mol.